The Hall–Kier alpha value is -2.63. The van der Waals surface area contributed by atoms with Crippen LogP contribution in [0.4, 0.5) is 4.39 Å². The highest BCUT2D eigenvalue weighted by molar-refractivity contribution is 5.94. The van der Waals surface area contributed by atoms with Crippen LogP contribution in [0, 0.1) is 11.7 Å². The van der Waals surface area contributed by atoms with Gasteiger partial charge in [0.1, 0.15) is 0 Å². The normalized spacial score (nSPS) is 14.9. The predicted octanol–water partition coefficient (Wildman–Crippen LogP) is 3.55. The molecule has 1 fully saturated rings. The molecule has 1 aromatic carbocycles. The molecule has 1 aliphatic heterocycles. The number of hydrogen-bond donors (Lipinski definition) is 0. The Bertz CT molecular complexity index is 728. The first-order chi connectivity index (χ1) is 12.7. The molecule has 0 bridgehead atoms. The number of benzene rings is 1. The lowest BCUT2D eigenvalue weighted by Gasteiger charge is -2.32. The summed E-state index contributed by atoms with van der Waals surface area (Å²) in [7, 11) is 1.55. The number of amides is 1. The van der Waals surface area contributed by atoms with E-state index in [9.17, 15) is 9.18 Å². The van der Waals surface area contributed by atoms with Gasteiger partial charge in [-0.1, -0.05) is 12.1 Å². The number of piperidine rings is 1. The Morgan fingerprint density at radius 2 is 2.00 bits per heavy atom. The smallest absolute Gasteiger partial charge is 0.255 e. The van der Waals surface area contributed by atoms with Gasteiger partial charge in [0.25, 0.3) is 5.91 Å². The largest absolute Gasteiger partial charge is 0.491 e. The van der Waals surface area contributed by atoms with Gasteiger partial charge in [-0.15, -0.1) is 0 Å². The molecule has 0 radical (unpaired) electrons. The number of halogens is 1. The minimum Gasteiger partial charge on any atom is -0.491 e. The van der Waals surface area contributed by atoms with E-state index in [1.54, 1.807) is 43.6 Å². The standard InChI is InChI=1S/C20H23FN2O3/c1-25-19-7-6-16(14-22-19)20(24)23-11-8-15(9-12-23)10-13-26-18-5-3-2-4-17(18)21/h2-7,14-15H,8-13H2,1H3. The molecule has 0 saturated carbocycles. The Morgan fingerprint density at radius 3 is 2.65 bits per heavy atom. The number of aromatic nitrogens is 1. The van der Waals surface area contributed by atoms with Crippen molar-refractivity contribution >= 4 is 5.91 Å². The molecule has 138 valence electrons. The van der Waals surface area contributed by atoms with Crippen molar-refractivity contribution in [1.82, 2.24) is 9.88 Å². The van der Waals surface area contributed by atoms with Gasteiger partial charge in [-0.05, 0) is 43.4 Å². The third-order valence-electron chi connectivity index (χ3n) is 4.71. The number of rotatable bonds is 6. The minimum atomic E-state index is -0.332. The molecular formula is C20H23FN2O3. The van der Waals surface area contributed by atoms with Crippen molar-refractivity contribution in [1.29, 1.82) is 0 Å². The van der Waals surface area contributed by atoms with Crippen LogP contribution in [0.15, 0.2) is 42.6 Å². The first-order valence-corrected chi connectivity index (χ1v) is 8.84. The van der Waals surface area contributed by atoms with Crippen molar-refractivity contribution in [2.45, 2.75) is 19.3 Å². The summed E-state index contributed by atoms with van der Waals surface area (Å²) in [5.41, 5.74) is 0.576. The highest BCUT2D eigenvalue weighted by atomic mass is 19.1. The van der Waals surface area contributed by atoms with Crippen molar-refractivity contribution in [2.75, 3.05) is 26.8 Å². The second kappa shape index (κ2) is 8.65. The van der Waals surface area contributed by atoms with Gasteiger partial charge in [-0.2, -0.15) is 0 Å². The van der Waals surface area contributed by atoms with Crippen LogP contribution in [0.2, 0.25) is 0 Å². The van der Waals surface area contributed by atoms with E-state index in [4.69, 9.17) is 9.47 Å². The van der Waals surface area contributed by atoms with Crippen LogP contribution >= 0.6 is 0 Å². The van der Waals surface area contributed by atoms with Crippen molar-refractivity contribution < 1.29 is 18.7 Å². The fourth-order valence-corrected chi connectivity index (χ4v) is 3.13. The Morgan fingerprint density at radius 1 is 1.23 bits per heavy atom. The summed E-state index contributed by atoms with van der Waals surface area (Å²) in [6, 6.07) is 9.87. The summed E-state index contributed by atoms with van der Waals surface area (Å²) in [5.74, 6) is 0.948. The first-order valence-electron chi connectivity index (χ1n) is 8.84. The number of carbonyl (C=O) groups is 1. The molecule has 0 N–H and O–H groups in total. The van der Waals surface area contributed by atoms with E-state index in [-0.39, 0.29) is 11.7 Å². The van der Waals surface area contributed by atoms with Crippen LogP contribution in [0.1, 0.15) is 29.6 Å². The third-order valence-corrected chi connectivity index (χ3v) is 4.71. The number of carbonyl (C=O) groups excluding carboxylic acids is 1. The summed E-state index contributed by atoms with van der Waals surface area (Å²) >= 11 is 0. The maximum atomic E-state index is 13.5. The summed E-state index contributed by atoms with van der Waals surface area (Å²) in [6.07, 6.45) is 4.27. The van der Waals surface area contributed by atoms with Crippen LogP contribution in [0.5, 0.6) is 11.6 Å². The van der Waals surface area contributed by atoms with E-state index in [0.29, 0.717) is 29.7 Å². The second-order valence-electron chi connectivity index (χ2n) is 6.39. The first kappa shape index (κ1) is 18.2. The fraction of sp³-hybridized carbons (Fsp3) is 0.400. The lowest BCUT2D eigenvalue weighted by Crippen LogP contribution is -2.38. The van der Waals surface area contributed by atoms with Gasteiger partial charge < -0.3 is 14.4 Å². The third kappa shape index (κ3) is 4.50. The summed E-state index contributed by atoms with van der Waals surface area (Å²) in [4.78, 5) is 18.5. The molecule has 2 aromatic rings. The summed E-state index contributed by atoms with van der Waals surface area (Å²) in [5, 5.41) is 0. The minimum absolute atomic E-state index is 0.00112. The van der Waals surface area contributed by atoms with E-state index in [2.05, 4.69) is 4.98 Å². The van der Waals surface area contributed by atoms with Gasteiger partial charge in [-0.25, -0.2) is 9.37 Å². The molecule has 0 atom stereocenters. The van der Waals surface area contributed by atoms with E-state index >= 15 is 0 Å². The van der Waals surface area contributed by atoms with Gasteiger partial charge in [0, 0.05) is 25.4 Å². The molecule has 0 unspecified atom stereocenters. The number of pyridine rings is 1. The van der Waals surface area contributed by atoms with E-state index in [1.807, 2.05) is 4.90 Å². The highest BCUT2D eigenvalue weighted by Crippen LogP contribution is 2.23. The van der Waals surface area contributed by atoms with Crippen LogP contribution in [-0.2, 0) is 0 Å². The summed E-state index contributed by atoms with van der Waals surface area (Å²) in [6.45, 7) is 1.92. The molecular weight excluding hydrogens is 335 g/mol. The molecule has 3 rings (SSSR count). The molecule has 1 saturated heterocycles. The SMILES string of the molecule is COc1ccc(C(=O)N2CCC(CCOc3ccccc3F)CC2)cn1. The summed E-state index contributed by atoms with van der Waals surface area (Å²) < 4.78 is 24.1. The van der Waals surface area contributed by atoms with Gasteiger partial charge >= 0.3 is 0 Å². The van der Waals surface area contributed by atoms with Crippen LogP contribution in [-0.4, -0.2) is 42.6 Å². The van der Waals surface area contributed by atoms with Crippen molar-refractivity contribution in [3.8, 4) is 11.6 Å². The Kier molecular flexibility index (Phi) is 6.04. The van der Waals surface area contributed by atoms with Crippen molar-refractivity contribution in [2.24, 2.45) is 5.92 Å². The molecule has 0 spiro atoms. The Labute approximate surface area is 152 Å². The zero-order valence-electron chi connectivity index (χ0n) is 14.9. The number of nitrogens with zero attached hydrogens (tertiary/aromatic N) is 2. The van der Waals surface area contributed by atoms with Gasteiger partial charge in [0.15, 0.2) is 11.6 Å². The number of para-hydroxylation sites is 1. The van der Waals surface area contributed by atoms with Crippen molar-refractivity contribution in [3.63, 3.8) is 0 Å². The molecule has 0 aliphatic carbocycles. The van der Waals surface area contributed by atoms with Gasteiger partial charge in [0.2, 0.25) is 5.88 Å². The lowest BCUT2D eigenvalue weighted by atomic mass is 9.93. The average molecular weight is 358 g/mol. The van der Waals surface area contributed by atoms with E-state index < -0.39 is 0 Å². The highest BCUT2D eigenvalue weighted by Gasteiger charge is 2.24. The average Bonchev–Trinajstić information content (AvgIpc) is 2.69. The number of ether oxygens (including phenoxy) is 2. The second-order valence-corrected chi connectivity index (χ2v) is 6.39. The molecule has 6 heteroatoms. The number of hydrogen-bond acceptors (Lipinski definition) is 4. The zero-order chi connectivity index (χ0) is 18.4. The molecule has 26 heavy (non-hydrogen) atoms. The maximum Gasteiger partial charge on any atom is 0.255 e. The fourth-order valence-electron chi connectivity index (χ4n) is 3.13. The van der Waals surface area contributed by atoms with Crippen molar-refractivity contribution in [3.05, 3.63) is 54.0 Å². The van der Waals surface area contributed by atoms with Gasteiger partial charge in [-0.3, -0.25) is 4.79 Å². The number of methoxy groups -OCH3 is 1. The molecule has 2 heterocycles. The maximum absolute atomic E-state index is 13.5. The van der Waals surface area contributed by atoms with Crippen LogP contribution in [0.3, 0.4) is 0 Å². The predicted molar refractivity (Wildman–Crippen MR) is 95.9 cm³/mol. The topological polar surface area (TPSA) is 51.7 Å². The lowest BCUT2D eigenvalue weighted by molar-refractivity contribution is 0.0679. The van der Waals surface area contributed by atoms with Crippen LogP contribution in [0.25, 0.3) is 0 Å². The monoisotopic (exact) mass is 358 g/mol. The molecule has 5 nitrogen and oxygen atoms in total. The van der Waals surface area contributed by atoms with Gasteiger partial charge in [0.05, 0.1) is 19.3 Å². The molecule has 1 aliphatic rings. The quantitative estimate of drug-likeness (QED) is 0.792. The van der Waals surface area contributed by atoms with Crippen LogP contribution < -0.4 is 9.47 Å². The zero-order valence-corrected chi connectivity index (χ0v) is 14.9. The number of likely N-dealkylation sites (tertiary alicyclic amines) is 1. The Balaban J connectivity index is 1.43. The van der Waals surface area contributed by atoms with E-state index in [0.717, 1.165) is 32.4 Å². The molecule has 1 amide bonds. The van der Waals surface area contributed by atoms with E-state index in [1.165, 1.54) is 6.07 Å². The molecule has 1 aromatic heterocycles.